The zero-order chi connectivity index (χ0) is 10.8. The van der Waals surface area contributed by atoms with Gasteiger partial charge in [-0.15, -0.1) is 0 Å². The Morgan fingerprint density at radius 3 is 2.93 bits per heavy atom. The molecule has 0 saturated carbocycles. The van der Waals surface area contributed by atoms with Crippen molar-refractivity contribution in [3.8, 4) is 0 Å². The smallest absolute Gasteiger partial charge is 0.189 e. The molecule has 0 aliphatic carbocycles. The van der Waals surface area contributed by atoms with Crippen molar-refractivity contribution in [2.24, 2.45) is 0 Å². The van der Waals surface area contributed by atoms with Crippen LogP contribution in [0.2, 0.25) is 0 Å². The van der Waals surface area contributed by atoms with Gasteiger partial charge in [0.1, 0.15) is 6.33 Å². The summed E-state index contributed by atoms with van der Waals surface area (Å²) in [4.78, 5) is 5.27. The van der Waals surface area contributed by atoms with Gasteiger partial charge in [-0.3, -0.25) is 0 Å². The maximum absolute atomic E-state index is 4.38. The van der Waals surface area contributed by atoms with Gasteiger partial charge in [0, 0.05) is 22.6 Å². The van der Waals surface area contributed by atoms with Crippen molar-refractivity contribution < 1.29 is 0 Å². The Morgan fingerprint density at radius 2 is 2.40 bits per heavy atom. The van der Waals surface area contributed by atoms with Gasteiger partial charge in [0.05, 0.1) is 21.6 Å². The van der Waals surface area contributed by atoms with E-state index in [0.717, 1.165) is 27.0 Å². The summed E-state index contributed by atoms with van der Waals surface area (Å²) in [5, 5.41) is 4.14. The van der Waals surface area contributed by atoms with Crippen molar-refractivity contribution in [1.82, 2.24) is 19.1 Å². The normalized spacial score (nSPS) is 10.9. The molecule has 4 nitrogen and oxygen atoms in total. The van der Waals surface area contributed by atoms with E-state index in [-0.39, 0.29) is 0 Å². The average Bonchev–Trinajstić information content (AvgIpc) is 2.77. The van der Waals surface area contributed by atoms with Crippen molar-refractivity contribution in [3.63, 3.8) is 0 Å². The van der Waals surface area contributed by atoms with E-state index in [9.17, 15) is 0 Å². The molecule has 15 heavy (non-hydrogen) atoms. The first-order valence-electron chi connectivity index (χ1n) is 4.38. The van der Waals surface area contributed by atoms with Crippen LogP contribution < -0.4 is 0 Å². The maximum atomic E-state index is 4.38. The molecule has 2 aromatic rings. The first-order valence-corrected chi connectivity index (χ1v) is 7.03. The molecule has 0 fully saturated rings. The molecule has 2 heterocycles. The molecule has 0 saturated heterocycles. The van der Waals surface area contributed by atoms with Crippen LogP contribution in [0.4, 0.5) is 0 Å². The van der Waals surface area contributed by atoms with Gasteiger partial charge in [-0.1, -0.05) is 6.92 Å². The van der Waals surface area contributed by atoms with Crippen LogP contribution in [-0.2, 0) is 13.0 Å². The third-order valence-corrected chi connectivity index (χ3v) is 4.86. The van der Waals surface area contributed by atoms with Crippen LogP contribution in [0.3, 0.4) is 0 Å². The van der Waals surface area contributed by atoms with Crippen LogP contribution in [0.25, 0.3) is 0 Å². The lowest BCUT2D eigenvalue weighted by Crippen LogP contribution is -2.03. The SMILES string of the molecule is CCc1nsc(Cn2ncnc2I)c1Br. The highest BCUT2D eigenvalue weighted by Gasteiger charge is 2.11. The molecule has 0 aliphatic heterocycles. The van der Waals surface area contributed by atoms with E-state index >= 15 is 0 Å². The van der Waals surface area contributed by atoms with Crippen LogP contribution in [0.1, 0.15) is 17.5 Å². The van der Waals surface area contributed by atoms with Crippen LogP contribution in [0.5, 0.6) is 0 Å². The zero-order valence-electron chi connectivity index (χ0n) is 7.94. The molecule has 2 aromatic heterocycles. The Labute approximate surface area is 114 Å². The number of aromatic nitrogens is 4. The van der Waals surface area contributed by atoms with Gasteiger partial charge < -0.3 is 0 Å². The van der Waals surface area contributed by atoms with Gasteiger partial charge in [-0.25, -0.2) is 9.67 Å². The highest BCUT2D eigenvalue weighted by atomic mass is 127. The van der Waals surface area contributed by atoms with Gasteiger partial charge >= 0.3 is 0 Å². The molecule has 0 atom stereocenters. The van der Waals surface area contributed by atoms with Crippen LogP contribution >= 0.6 is 50.1 Å². The van der Waals surface area contributed by atoms with Crippen molar-refractivity contribution in [2.45, 2.75) is 19.9 Å². The lowest BCUT2D eigenvalue weighted by Gasteiger charge is -1.99. The van der Waals surface area contributed by atoms with Crippen LogP contribution in [-0.4, -0.2) is 19.1 Å². The molecule has 0 radical (unpaired) electrons. The second-order valence-corrected chi connectivity index (χ2v) is 5.52. The monoisotopic (exact) mass is 398 g/mol. The fourth-order valence-electron chi connectivity index (χ4n) is 1.16. The summed E-state index contributed by atoms with van der Waals surface area (Å²) in [5.74, 6) is 0. The fraction of sp³-hybridized carbons (Fsp3) is 0.375. The number of aryl methyl sites for hydroxylation is 1. The summed E-state index contributed by atoms with van der Waals surface area (Å²) < 4.78 is 8.24. The first kappa shape index (κ1) is 11.5. The minimum atomic E-state index is 0.733. The molecule has 0 spiro atoms. The number of halogens is 2. The maximum Gasteiger partial charge on any atom is 0.189 e. The third-order valence-electron chi connectivity index (χ3n) is 1.96. The highest BCUT2D eigenvalue weighted by molar-refractivity contribution is 14.1. The molecule has 0 N–H and O–H groups in total. The van der Waals surface area contributed by atoms with Crippen molar-refractivity contribution in [3.05, 3.63) is 25.2 Å². The van der Waals surface area contributed by atoms with Gasteiger partial charge in [-0.05, 0) is 33.9 Å². The molecule has 0 aromatic carbocycles. The van der Waals surface area contributed by atoms with E-state index in [0.29, 0.717) is 0 Å². The lowest BCUT2D eigenvalue weighted by molar-refractivity contribution is 0.671. The third kappa shape index (κ3) is 2.39. The topological polar surface area (TPSA) is 43.6 Å². The van der Waals surface area contributed by atoms with E-state index in [1.54, 1.807) is 6.33 Å². The summed E-state index contributed by atoms with van der Waals surface area (Å²) in [5.41, 5.74) is 1.12. The van der Waals surface area contributed by atoms with Crippen molar-refractivity contribution in [1.29, 1.82) is 0 Å². The summed E-state index contributed by atoms with van der Waals surface area (Å²) in [6, 6.07) is 0. The van der Waals surface area contributed by atoms with Gasteiger partial charge in [0.15, 0.2) is 3.83 Å². The van der Waals surface area contributed by atoms with E-state index in [4.69, 9.17) is 0 Å². The quantitative estimate of drug-likeness (QED) is 0.746. The number of rotatable bonds is 3. The van der Waals surface area contributed by atoms with Gasteiger partial charge in [-0.2, -0.15) is 9.47 Å². The zero-order valence-corrected chi connectivity index (χ0v) is 12.5. The van der Waals surface area contributed by atoms with E-state index in [1.165, 1.54) is 16.4 Å². The standard InChI is InChI=1S/C8H8BrIN4S/c1-2-5-7(9)6(15-13-5)3-14-8(10)11-4-12-14/h4H,2-3H2,1H3. The Hall–Kier alpha value is -0.0200. The Kier molecular flexibility index (Phi) is 3.73. The Morgan fingerprint density at radius 1 is 1.60 bits per heavy atom. The number of hydrogen-bond donors (Lipinski definition) is 0. The molecular formula is C8H8BrIN4S. The average molecular weight is 399 g/mol. The second kappa shape index (κ2) is 4.88. The minimum absolute atomic E-state index is 0.733. The summed E-state index contributed by atoms with van der Waals surface area (Å²) >= 11 is 7.25. The molecule has 0 bridgehead atoms. The molecular weight excluding hydrogens is 391 g/mol. The molecule has 0 unspecified atom stereocenters. The summed E-state index contributed by atoms with van der Waals surface area (Å²) in [6.45, 7) is 2.83. The van der Waals surface area contributed by atoms with Crippen molar-refractivity contribution >= 4 is 50.1 Å². The van der Waals surface area contributed by atoms with Crippen LogP contribution in [0, 0.1) is 3.83 Å². The fourth-order valence-corrected chi connectivity index (χ4v) is 3.23. The summed E-state index contributed by atoms with van der Waals surface area (Å²) in [6.07, 6.45) is 2.52. The number of hydrogen-bond acceptors (Lipinski definition) is 4. The first-order chi connectivity index (χ1) is 7.22. The second-order valence-electron chi connectivity index (χ2n) is 2.91. The Bertz CT molecular complexity index is 467. The molecule has 0 aliphatic rings. The molecule has 0 amide bonds. The predicted octanol–water partition coefficient (Wildman–Crippen LogP) is 2.71. The highest BCUT2D eigenvalue weighted by Crippen LogP contribution is 2.26. The number of nitrogens with zero attached hydrogens (tertiary/aromatic N) is 4. The largest absolute Gasteiger partial charge is 0.236 e. The minimum Gasteiger partial charge on any atom is -0.236 e. The Balaban J connectivity index is 2.25. The van der Waals surface area contributed by atoms with Gasteiger partial charge in [0.2, 0.25) is 0 Å². The van der Waals surface area contributed by atoms with E-state index in [1.807, 2.05) is 4.68 Å². The predicted molar refractivity (Wildman–Crippen MR) is 71.0 cm³/mol. The van der Waals surface area contributed by atoms with Crippen LogP contribution in [0.15, 0.2) is 10.8 Å². The van der Waals surface area contributed by atoms with Crippen molar-refractivity contribution in [2.75, 3.05) is 0 Å². The molecule has 80 valence electrons. The summed E-state index contributed by atoms with van der Waals surface area (Å²) in [7, 11) is 0. The van der Waals surface area contributed by atoms with E-state index < -0.39 is 0 Å². The van der Waals surface area contributed by atoms with Gasteiger partial charge in [0.25, 0.3) is 0 Å². The molecule has 7 heteroatoms. The molecule has 2 rings (SSSR count). The van der Waals surface area contributed by atoms with E-state index in [2.05, 4.69) is 59.9 Å². The lowest BCUT2D eigenvalue weighted by atomic mass is 10.3.